The third-order valence-corrected chi connectivity index (χ3v) is 5.65. The van der Waals surface area contributed by atoms with Gasteiger partial charge in [0.2, 0.25) is 0 Å². The number of carbonyl (C=O) groups excluding carboxylic acids is 2. The Morgan fingerprint density at radius 3 is 2.29 bits per heavy atom. The van der Waals surface area contributed by atoms with Gasteiger partial charge in [-0.25, -0.2) is 0 Å². The highest BCUT2D eigenvalue weighted by Gasteiger charge is 2.20. The van der Waals surface area contributed by atoms with Crippen LogP contribution in [-0.4, -0.2) is 21.9 Å². The van der Waals surface area contributed by atoms with Crippen molar-refractivity contribution >= 4 is 57.2 Å². The van der Waals surface area contributed by atoms with E-state index < -0.39 is 16.7 Å². The molecule has 0 saturated carbocycles. The first-order chi connectivity index (χ1) is 18.4. The van der Waals surface area contributed by atoms with Crippen LogP contribution in [0.5, 0.6) is 0 Å². The molecule has 2 aromatic heterocycles. The van der Waals surface area contributed by atoms with Crippen molar-refractivity contribution in [1.82, 2.24) is 5.32 Å². The number of benzene rings is 3. The van der Waals surface area contributed by atoms with Gasteiger partial charge in [-0.3, -0.25) is 25.0 Å². The number of furan rings is 2. The van der Waals surface area contributed by atoms with E-state index in [-0.39, 0.29) is 33.6 Å². The van der Waals surface area contributed by atoms with Crippen molar-refractivity contribution in [2.24, 2.45) is 0 Å². The van der Waals surface area contributed by atoms with Crippen LogP contribution in [0.1, 0.15) is 21.1 Å². The minimum absolute atomic E-state index is 0.0144. The van der Waals surface area contributed by atoms with E-state index in [9.17, 15) is 19.7 Å². The van der Waals surface area contributed by atoms with Gasteiger partial charge in [0.15, 0.2) is 16.6 Å². The molecule has 0 unspecified atom stereocenters. The smallest absolute Gasteiger partial charge is 0.293 e. The predicted octanol–water partition coefficient (Wildman–Crippen LogP) is 5.98. The molecule has 5 aromatic rings. The molecule has 0 saturated heterocycles. The highest BCUT2D eigenvalue weighted by molar-refractivity contribution is 7.80. The molecule has 10 nitrogen and oxygen atoms in total. The van der Waals surface area contributed by atoms with Crippen molar-refractivity contribution in [3.63, 3.8) is 0 Å². The minimum atomic E-state index is -0.637. The molecule has 0 fully saturated rings. The average Bonchev–Trinajstić information content (AvgIpc) is 3.57. The number of rotatable bonds is 6. The molecule has 188 valence electrons. The lowest BCUT2D eigenvalue weighted by molar-refractivity contribution is -0.384. The van der Waals surface area contributed by atoms with E-state index in [1.165, 1.54) is 24.3 Å². The topological polar surface area (TPSA) is 140 Å². The maximum atomic E-state index is 12.6. The highest BCUT2D eigenvalue weighted by Crippen LogP contribution is 2.31. The van der Waals surface area contributed by atoms with Gasteiger partial charge >= 0.3 is 0 Å². The van der Waals surface area contributed by atoms with Gasteiger partial charge in [0.05, 0.1) is 10.5 Å². The highest BCUT2D eigenvalue weighted by atomic mass is 32.1. The van der Waals surface area contributed by atoms with Crippen molar-refractivity contribution < 1.29 is 23.3 Å². The number of fused-ring (bicyclic) bond motifs is 1. The Balaban J connectivity index is 1.22. The summed E-state index contributed by atoms with van der Waals surface area (Å²) < 4.78 is 11.1. The molecule has 0 radical (unpaired) electrons. The third kappa shape index (κ3) is 5.27. The summed E-state index contributed by atoms with van der Waals surface area (Å²) in [5.41, 5.74) is 1.71. The number of nitrogens with one attached hydrogen (secondary N) is 3. The van der Waals surface area contributed by atoms with Crippen LogP contribution in [0.25, 0.3) is 22.3 Å². The molecule has 5 rings (SSSR count). The van der Waals surface area contributed by atoms with Crippen LogP contribution in [0, 0.1) is 10.1 Å². The third-order valence-electron chi connectivity index (χ3n) is 5.45. The molecule has 3 aromatic carbocycles. The monoisotopic (exact) mass is 526 g/mol. The maximum Gasteiger partial charge on any atom is 0.293 e. The number of nitro groups is 1. The Kier molecular flexibility index (Phi) is 6.66. The summed E-state index contributed by atoms with van der Waals surface area (Å²) in [6, 6.07) is 24.6. The van der Waals surface area contributed by atoms with Crippen molar-refractivity contribution in [3.8, 4) is 11.3 Å². The van der Waals surface area contributed by atoms with E-state index in [0.717, 1.165) is 5.39 Å². The van der Waals surface area contributed by atoms with Crippen LogP contribution in [-0.2, 0) is 0 Å². The summed E-state index contributed by atoms with van der Waals surface area (Å²) in [6.45, 7) is 0. The van der Waals surface area contributed by atoms with Gasteiger partial charge in [-0.15, -0.1) is 0 Å². The zero-order chi connectivity index (χ0) is 26.6. The number of thiocarbonyl (C=S) groups is 1. The molecule has 0 aliphatic heterocycles. The second kappa shape index (κ2) is 10.4. The normalized spacial score (nSPS) is 10.6. The Morgan fingerprint density at radius 1 is 0.763 bits per heavy atom. The average molecular weight is 527 g/mol. The summed E-state index contributed by atoms with van der Waals surface area (Å²) in [4.78, 5) is 36.0. The van der Waals surface area contributed by atoms with Crippen molar-refractivity contribution in [3.05, 3.63) is 113 Å². The van der Waals surface area contributed by atoms with Gasteiger partial charge < -0.3 is 19.5 Å². The Bertz CT molecular complexity index is 1670. The lowest BCUT2D eigenvalue weighted by atomic mass is 10.1. The summed E-state index contributed by atoms with van der Waals surface area (Å²) in [5.74, 6) is -0.780. The van der Waals surface area contributed by atoms with Crippen LogP contribution in [0.4, 0.5) is 17.1 Å². The maximum absolute atomic E-state index is 12.6. The van der Waals surface area contributed by atoms with Gasteiger partial charge in [0, 0.05) is 22.8 Å². The molecular formula is C27H18N4O6S. The number of nitro benzene ring substituents is 1. The van der Waals surface area contributed by atoms with Gasteiger partial charge in [-0.1, -0.05) is 36.4 Å². The van der Waals surface area contributed by atoms with Crippen LogP contribution < -0.4 is 16.0 Å². The fourth-order valence-electron chi connectivity index (χ4n) is 3.73. The van der Waals surface area contributed by atoms with E-state index in [2.05, 4.69) is 16.0 Å². The van der Waals surface area contributed by atoms with Crippen LogP contribution in [0.3, 0.4) is 0 Å². The van der Waals surface area contributed by atoms with Crippen molar-refractivity contribution in [1.29, 1.82) is 0 Å². The summed E-state index contributed by atoms with van der Waals surface area (Å²) in [5, 5.41) is 20.2. The number of amides is 2. The number of para-hydroxylation sites is 2. The molecule has 0 bridgehead atoms. The van der Waals surface area contributed by atoms with Crippen LogP contribution in [0.15, 0.2) is 99.8 Å². The molecule has 38 heavy (non-hydrogen) atoms. The fourth-order valence-corrected chi connectivity index (χ4v) is 3.94. The first-order valence-corrected chi connectivity index (χ1v) is 11.6. The number of nitrogens with zero attached hydrogens (tertiary/aromatic N) is 1. The van der Waals surface area contributed by atoms with Crippen molar-refractivity contribution in [2.75, 3.05) is 10.6 Å². The summed E-state index contributed by atoms with van der Waals surface area (Å²) in [7, 11) is 0. The standard InChI is InChI=1S/C27H18N4O6S/c32-25(23-13-12-22(37-23)19-9-2-3-10-20(19)31(34)35)30-27(38)29-18-8-5-7-17(15-18)28-26(33)24-14-16-6-1-4-11-21(16)36-24/h1-15H,(H,28,33)(H2,29,30,32,38). The van der Waals surface area contributed by atoms with Gasteiger partial charge in [-0.2, -0.15) is 0 Å². The van der Waals surface area contributed by atoms with Gasteiger partial charge in [0.25, 0.3) is 17.5 Å². The van der Waals surface area contributed by atoms with E-state index >= 15 is 0 Å². The zero-order valence-electron chi connectivity index (χ0n) is 19.5. The number of hydrogen-bond acceptors (Lipinski definition) is 7. The van der Waals surface area contributed by atoms with Crippen LogP contribution >= 0.6 is 12.2 Å². The Hall–Kier alpha value is -5.29. The first kappa shape index (κ1) is 24.4. The minimum Gasteiger partial charge on any atom is -0.451 e. The molecule has 3 N–H and O–H groups in total. The second-order valence-corrected chi connectivity index (χ2v) is 8.44. The molecular weight excluding hydrogens is 508 g/mol. The van der Waals surface area contributed by atoms with E-state index in [0.29, 0.717) is 17.0 Å². The van der Waals surface area contributed by atoms with Crippen molar-refractivity contribution in [2.45, 2.75) is 0 Å². The molecule has 0 aliphatic carbocycles. The van der Waals surface area contributed by atoms with Crippen LogP contribution in [0.2, 0.25) is 0 Å². The number of anilines is 2. The molecule has 0 aliphatic rings. The number of carbonyl (C=O) groups is 2. The van der Waals surface area contributed by atoms with E-state index in [4.69, 9.17) is 21.1 Å². The molecule has 0 atom stereocenters. The SMILES string of the molecule is O=C(NC(=S)Nc1cccc(NC(=O)c2cc3ccccc3o2)c1)c1ccc(-c2ccccc2[N+](=O)[O-])o1. The Morgan fingerprint density at radius 2 is 1.50 bits per heavy atom. The summed E-state index contributed by atoms with van der Waals surface area (Å²) in [6.07, 6.45) is 0. The second-order valence-electron chi connectivity index (χ2n) is 8.03. The predicted molar refractivity (Wildman–Crippen MR) is 145 cm³/mol. The van der Waals surface area contributed by atoms with E-state index in [1.807, 2.05) is 18.2 Å². The summed E-state index contributed by atoms with van der Waals surface area (Å²) >= 11 is 5.24. The largest absolute Gasteiger partial charge is 0.451 e. The van der Waals surface area contributed by atoms with Gasteiger partial charge in [0.1, 0.15) is 11.3 Å². The zero-order valence-corrected chi connectivity index (χ0v) is 20.3. The Labute approximate surface area is 220 Å². The van der Waals surface area contributed by atoms with Gasteiger partial charge in [-0.05, 0) is 60.7 Å². The number of hydrogen-bond donors (Lipinski definition) is 3. The van der Waals surface area contributed by atoms with E-state index in [1.54, 1.807) is 48.5 Å². The lowest BCUT2D eigenvalue weighted by Gasteiger charge is -2.10. The lowest BCUT2D eigenvalue weighted by Crippen LogP contribution is -2.33. The quantitative estimate of drug-likeness (QED) is 0.139. The molecule has 11 heteroatoms. The first-order valence-electron chi connectivity index (χ1n) is 11.2. The molecule has 2 amide bonds. The molecule has 0 spiro atoms. The fraction of sp³-hybridized carbons (Fsp3) is 0. The molecule has 2 heterocycles.